The van der Waals surface area contributed by atoms with Crippen LogP contribution in [0.4, 0.5) is 5.69 Å². The Balaban J connectivity index is 2.07. The zero-order valence-corrected chi connectivity index (χ0v) is 11.7. The van der Waals surface area contributed by atoms with Crippen molar-refractivity contribution in [3.8, 4) is 17.0 Å². The summed E-state index contributed by atoms with van der Waals surface area (Å²) in [5, 5.41) is 3.06. The molecule has 0 aliphatic carbocycles. The molecule has 98 valence electrons. The Morgan fingerprint density at radius 1 is 1.47 bits per heavy atom. The minimum absolute atomic E-state index is 0.00149. The van der Waals surface area contributed by atoms with E-state index < -0.39 is 0 Å². The second kappa shape index (κ2) is 4.66. The van der Waals surface area contributed by atoms with Gasteiger partial charge in [-0.1, -0.05) is 0 Å². The number of fused-ring (bicyclic) bond motifs is 1. The van der Waals surface area contributed by atoms with Gasteiger partial charge in [-0.3, -0.25) is 4.79 Å². The van der Waals surface area contributed by atoms with Crippen molar-refractivity contribution in [1.82, 2.24) is 4.98 Å². The molecule has 1 aliphatic heterocycles. The van der Waals surface area contributed by atoms with Crippen molar-refractivity contribution in [2.24, 2.45) is 0 Å². The van der Waals surface area contributed by atoms with Crippen LogP contribution in [0.5, 0.6) is 5.75 Å². The maximum Gasteiger partial charge on any atom is 0.265 e. The van der Waals surface area contributed by atoms with Crippen LogP contribution in [0.3, 0.4) is 0 Å². The number of amides is 1. The lowest BCUT2D eigenvalue weighted by Crippen LogP contribution is -2.38. The molecule has 1 aromatic heterocycles. The highest BCUT2D eigenvalue weighted by atomic mass is 32.1. The number of hydrogen-bond acceptors (Lipinski definition) is 4. The monoisotopic (exact) mass is 274 g/mol. The molecule has 0 unspecified atom stereocenters. The average Bonchev–Trinajstić information content (AvgIpc) is 2.85. The number of ether oxygens (including phenoxy) is 1. The highest BCUT2D eigenvalue weighted by Gasteiger charge is 2.24. The fourth-order valence-corrected chi connectivity index (χ4v) is 2.83. The molecule has 2 heterocycles. The number of likely N-dealkylation sites (N-methyl/N-ethyl adjacent to an activating group) is 1. The van der Waals surface area contributed by atoms with Crippen molar-refractivity contribution in [2.75, 3.05) is 18.1 Å². The van der Waals surface area contributed by atoms with E-state index in [4.69, 9.17) is 4.74 Å². The van der Waals surface area contributed by atoms with Gasteiger partial charge in [-0.05, 0) is 32.0 Å². The number of rotatable bonds is 2. The zero-order valence-electron chi connectivity index (χ0n) is 10.8. The number of hydrogen-bond donors (Lipinski definition) is 0. The van der Waals surface area contributed by atoms with Crippen LogP contribution < -0.4 is 9.64 Å². The molecule has 0 saturated heterocycles. The molecule has 0 N–H and O–H groups in total. The third-order valence-corrected chi connectivity index (χ3v) is 3.91. The molecule has 0 saturated carbocycles. The summed E-state index contributed by atoms with van der Waals surface area (Å²) < 4.78 is 5.45. The second-order valence-corrected chi connectivity index (χ2v) is 5.42. The SMILES string of the molecule is CCN1C(=O)COc2ccc(-c3csc(C)n3)cc21. The van der Waals surface area contributed by atoms with Crippen molar-refractivity contribution in [3.63, 3.8) is 0 Å². The topological polar surface area (TPSA) is 42.4 Å². The van der Waals surface area contributed by atoms with Crippen LogP contribution in [-0.2, 0) is 4.79 Å². The Labute approximate surface area is 115 Å². The molecule has 0 spiro atoms. The Bertz CT molecular complexity index is 636. The highest BCUT2D eigenvalue weighted by molar-refractivity contribution is 7.09. The molecule has 0 radical (unpaired) electrons. The van der Waals surface area contributed by atoms with Gasteiger partial charge in [0.25, 0.3) is 5.91 Å². The molecule has 4 nitrogen and oxygen atoms in total. The third-order valence-electron chi connectivity index (χ3n) is 3.13. The van der Waals surface area contributed by atoms with Crippen molar-refractivity contribution in [1.29, 1.82) is 0 Å². The van der Waals surface area contributed by atoms with Gasteiger partial charge in [0, 0.05) is 17.5 Å². The van der Waals surface area contributed by atoms with Crippen LogP contribution in [0.25, 0.3) is 11.3 Å². The normalized spacial score (nSPS) is 14.2. The minimum atomic E-state index is 0.00149. The average molecular weight is 274 g/mol. The number of anilines is 1. The Kier molecular flexibility index (Phi) is 2.98. The van der Waals surface area contributed by atoms with E-state index in [1.54, 1.807) is 16.2 Å². The molecule has 2 aromatic rings. The van der Waals surface area contributed by atoms with Crippen molar-refractivity contribution in [3.05, 3.63) is 28.6 Å². The van der Waals surface area contributed by atoms with E-state index in [9.17, 15) is 4.79 Å². The maximum atomic E-state index is 11.8. The first-order valence-corrected chi connectivity index (χ1v) is 7.06. The quantitative estimate of drug-likeness (QED) is 0.845. The molecule has 0 bridgehead atoms. The lowest BCUT2D eigenvalue weighted by atomic mass is 10.1. The summed E-state index contributed by atoms with van der Waals surface area (Å²) in [6.07, 6.45) is 0. The van der Waals surface area contributed by atoms with Gasteiger partial charge in [0.05, 0.1) is 16.4 Å². The fraction of sp³-hybridized carbons (Fsp3) is 0.286. The number of carbonyl (C=O) groups excluding carboxylic acids is 1. The fourth-order valence-electron chi connectivity index (χ4n) is 2.20. The predicted molar refractivity (Wildman–Crippen MR) is 75.8 cm³/mol. The summed E-state index contributed by atoms with van der Waals surface area (Å²) in [6, 6.07) is 5.87. The lowest BCUT2D eigenvalue weighted by Gasteiger charge is -2.28. The maximum absolute atomic E-state index is 11.8. The molecule has 1 aromatic carbocycles. The first kappa shape index (κ1) is 12.2. The first-order chi connectivity index (χ1) is 9.19. The molecule has 1 aliphatic rings. The van der Waals surface area contributed by atoms with E-state index >= 15 is 0 Å². The summed E-state index contributed by atoms with van der Waals surface area (Å²) in [7, 11) is 0. The van der Waals surface area contributed by atoms with Gasteiger partial charge in [-0.15, -0.1) is 11.3 Å². The summed E-state index contributed by atoms with van der Waals surface area (Å²) in [6.45, 7) is 4.72. The van der Waals surface area contributed by atoms with Crippen molar-refractivity contribution in [2.45, 2.75) is 13.8 Å². The summed E-state index contributed by atoms with van der Waals surface area (Å²) >= 11 is 1.62. The molecular formula is C14H14N2O2S. The van der Waals surface area contributed by atoms with Crippen LogP contribution in [-0.4, -0.2) is 24.0 Å². The number of aryl methyl sites for hydroxylation is 1. The smallest absolute Gasteiger partial charge is 0.265 e. The van der Waals surface area contributed by atoms with Gasteiger partial charge in [0.15, 0.2) is 6.61 Å². The zero-order chi connectivity index (χ0) is 13.4. The van der Waals surface area contributed by atoms with E-state index in [1.807, 2.05) is 37.4 Å². The standard InChI is InChI=1S/C14H14N2O2S/c1-3-16-12-6-10(11-8-19-9(2)15-11)4-5-13(12)18-7-14(16)17/h4-6,8H,3,7H2,1-2H3. The molecular weight excluding hydrogens is 260 g/mol. The van der Waals surface area contributed by atoms with Gasteiger partial charge in [0.1, 0.15) is 5.75 Å². The first-order valence-electron chi connectivity index (χ1n) is 6.18. The van der Waals surface area contributed by atoms with Gasteiger partial charge in [0.2, 0.25) is 0 Å². The van der Waals surface area contributed by atoms with Gasteiger partial charge in [-0.2, -0.15) is 0 Å². The highest BCUT2D eigenvalue weighted by Crippen LogP contribution is 2.36. The number of thiazole rings is 1. The van der Waals surface area contributed by atoms with Crippen LogP contribution in [0.1, 0.15) is 11.9 Å². The Morgan fingerprint density at radius 3 is 3.00 bits per heavy atom. The van der Waals surface area contributed by atoms with E-state index in [1.165, 1.54) is 0 Å². The van der Waals surface area contributed by atoms with Gasteiger partial charge >= 0.3 is 0 Å². The van der Waals surface area contributed by atoms with Crippen LogP contribution in [0, 0.1) is 6.92 Å². The second-order valence-electron chi connectivity index (χ2n) is 4.36. The lowest BCUT2D eigenvalue weighted by molar-refractivity contribution is -0.121. The van der Waals surface area contributed by atoms with E-state index in [0.717, 1.165) is 27.7 Å². The molecule has 3 rings (SSSR count). The van der Waals surface area contributed by atoms with E-state index in [0.29, 0.717) is 6.54 Å². The Morgan fingerprint density at radius 2 is 2.32 bits per heavy atom. The van der Waals surface area contributed by atoms with Gasteiger partial charge in [-0.25, -0.2) is 4.98 Å². The molecule has 0 atom stereocenters. The number of carbonyl (C=O) groups is 1. The molecule has 1 amide bonds. The Hall–Kier alpha value is -1.88. The molecule has 5 heteroatoms. The van der Waals surface area contributed by atoms with Crippen LogP contribution in [0.2, 0.25) is 0 Å². The van der Waals surface area contributed by atoms with Gasteiger partial charge < -0.3 is 9.64 Å². The van der Waals surface area contributed by atoms with Crippen LogP contribution in [0.15, 0.2) is 23.6 Å². The summed E-state index contributed by atoms with van der Waals surface area (Å²) in [4.78, 5) is 18.1. The minimum Gasteiger partial charge on any atom is -0.482 e. The summed E-state index contributed by atoms with van der Waals surface area (Å²) in [5.74, 6) is 0.763. The summed E-state index contributed by atoms with van der Waals surface area (Å²) in [5.41, 5.74) is 2.79. The molecule has 0 fully saturated rings. The predicted octanol–water partition coefficient (Wildman–Crippen LogP) is 2.86. The molecule has 19 heavy (non-hydrogen) atoms. The number of aromatic nitrogens is 1. The number of nitrogens with zero attached hydrogens (tertiary/aromatic N) is 2. The van der Waals surface area contributed by atoms with Crippen molar-refractivity contribution >= 4 is 22.9 Å². The third kappa shape index (κ3) is 2.10. The van der Waals surface area contributed by atoms with Crippen molar-refractivity contribution < 1.29 is 9.53 Å². The van der Waals surface area contributed by atoms with Crippen LogP contribution >= 0.6 is 11.3 Å². The van der Waals surface area contributed by atoms with E-state index in [2.05, 4.69) is 4.98 Å². The van der Waals surface area contributed by atoms with E-state index in [-0.39, 0.29) is 12.5 Å². The number of benzene rings is 1. The largest absolute Gasteiger partial charge is 0.482 e.